The number of hydrogen-bond donors (Lipinski definition) is 1. The fourth-order valence-electron chi connectivity index (χ4n) is 2.63. The van der Waals surface area contributed by atoms with E-state index in [1.54, 1.807) is 0 Å². The molecule has 1 aliphatic rings. The van der Waals surface area contributed by atoms with Crippen molar-refractivity contribution in [2.45, 2.75) is 39.7 Å². The lowest BCUT2D eigenvalue weighted by atomic mass is 9.98. The Balaban J connectivity index is 2.10. The molecule has 0 unspecified atom stereocenters. The largest absolute Gasteiger partial charge is 0.371 e. The summed E-state index contributed by atoms with van der Waals surface area (Å²) in [6, 6.07) is 6.68. The molecule has 1 heterocycles. The molecule has 2 nitrogen and oxygen atoms in total. The van der Waals surface area contributed by atoms with E-state index in [-0.39, 0.29) is 0 Å². The zero-order chi connectivity index (χ0) is 13.7. The number of nitrogens with zero attached hydrogens (tertiary/aromatic N) is 1. The highest BCUT2D eigenvalue weighted by Gasteiger charge is 2.18. The molecule has 1 fully saturated rings. The topological polar surface area (TPSA) is 15.3 Å². The monoisotopic (exact) mass is 324 g/mol. The Labute approximate surface area is 125 Å². The van der Waals surface area contributed by atoms with Gasteiger partial charge in [-0.3, -0.25) is 0 Å². The van der Waals surface area contributed by atoms with Crippen molar-refractivity contribution in [1.29, 1.82) is 0 Å². The summed E-state index contributed by atoms with van der Waals surface area (Å²) in [5.74, 6) is 0.880. The van der Waals surface area contributed by atoms with Gasteiger partial charge in [-0.25, -0.2) is 0 Å². The van der Waals surface area contributed by atoms with E-state index < -0.39 is 0 Å². The summed E-state index contributed by atoms with van der Waals surface area (Å²) in [5, 5.41) is 3.52. The summed E-state index contributed by atoms with van der Waals surface area (Å²) in [6.07, 6.45) is 3.82. The highest BCUT2D eigenvalue weighted by atomic mass is 79.9. The van der Waals surface area contributed by atoms with Crippen LogP contribution in [0.2, 0.25) is 0 Å². The highest BCUT2D eigenvalue weighted by Crippen LogP contribution is 2.29. The van der Waals surface area contributed by atoms with Crippen molar-refractivity contribution in [3.05, 3.63) is 28.2 Å². The second-order valence-corrected chi connectivity index (χ2v) is 6.54. The zero-order valence-corrected chi connectivity index (χ0v) is 13.7. The molecule has 0 atom stereocenters. The van der Waals surface area contributed by atoms with Gasteiger partial charge in [-0.1, -0.05) is 35.8 Å². The maximum absolute atomic E-state index is 3.61. The van der Waals surface area contributed by atoms with Crippen LogP contribution < -0.4 is 10.2 Å². The van der Waals surface area contributed by atoms with Crippen molar-refractivity contribution in [3.8, 4) is 0 Å². The predicted octanol–water partition coefficient (Wildman–Crippen LogP) is 4.19. The Hall–Kier alpha value is -0.540. The molecule has 0 amide bonds. The van der Waals surface area contributed by atoms with Crippen molar-refractivity contribution >= 4 is 21.6 Å². The summed E-state index contributed by atoms with van der Waals surface area (Å²) < 4.78 is 1.18. The molecule has 0 radical (unpaired) electrons. The summed E-state index contributed by atoms with van der Waals surface area (Å²) in [7, 11) is 0. The first-order chi connectivity index (χ1) is 9.20. The molecule has 1 saturated heterocycles. The van der Waals surface area contributed by atoms with Crippen LogP contribution in [-0.4, -0.2) is 19.6 Å². The summed E-state index contributed by atoms with van der Waals surface area (Å²) in [4.78, 5) is 2.55. The lowest BCUT2D eigenvalue weighted by Crippen LogP contribution is -2.33. The van der Waals surface area contributed by atoms with Crippen molar-refractivity contribution in [2.75, 3.05) is 24.5 Å². The average Bonchev–Trinajstić information content (AvgIpc) is 2.41. The second-order valence-electron chi connectivity index (χ2n) is 5.62. The lowest BCUT2D eigenvalue weighted by molar-refractivity contribution is 0.437. The minimum absolute atomic E-state index is 0.880. The Bertz CT molecular complexity index is 398. The number of halogens is 1. The zero-order valence-electron chi connectivity index (χ0n) is 12.1. The molecular weight excluding hydrogens is 300 g/mol. The van der Waals surface area contributed by atoms with E-state index in [4.69, 9.17) is 0 Å². The van der Waals surface area contributed by atoms with Gasteiger partial charge in [0.25, 0.3) is 0 Å². The van der Waals surface area contributed by atoms with E-state index in [0.717, 1.165) is 19.0 Å². The van der Waals surface area contributed by atoms with Gasteiger partial charge in [-0.15, -0.1) is 0 Å². The van der Waals surface area contributed by atoms with E-state index in [1.807, 2.05) is 0 Å². The Morgan fingerprint density at radius 2 is 2.05 bits per heavy atom. The normalized spacial score (nSPS) is 16.9. The predicted molar refractivity (Wildman–Crippen MR) is 86.8 cm³/mol. The molecule has 106 valence electrons. The molecule has 0 saturated carbocycles. The number of anilines is 1. The highest BCUT2D eigenvalue weighted by molar-refractivity contribution is 9.10. The van der Waals surface area contributed by atoms with Crippen LogP contribution in [0.3, 0.4) is 0 Å². The molecule has 1 aromatic rings. The molecule has 1 N–H and O–H groups in total. The smallest absolute Gasteiger partial charge is 0.0423 e. The SMILES string of the molecule is CCCNCc1ccc(Br)cc1N1CCC(C)CC1. The second kappa shape index (κ2) is 7.30. The van der Waals surface area contributed by atoms with Gasteiger partial charge in [0.15, 0.2) is 0 Å². The van der Waals surface area contributed by atoms with Gasteiger partial charge in [-0.2, -0.15) is 0 Å². The molecule has 1 aromatic carbocycles. The molecule has 0 aliphatic carbocycles. The number of hydrogen-bond acceptors (Lipinski definition) is 2. The Kier molecular flexibility index (Phi) is 5.71. The summed E-state index contributed by atoms with van der Waals surface area (Å²) in [5.41, 5.74) is 2.83. The van der Waals surface area contributed by atoms with Crippen LogP contribution in [0.25, 0.3) is 0 Å². The average molecular weight is 325 g/mol. The quantitative estimate of drug-likeness (QED) is 0.817. The van der Waals surface area contributed by atoms with Crippen LogP contribution in [0.1, 0.15) is 38.7 Å². The number of benzene rings is 1. The number of nitrogens with one attached hydrogen (secondary N) is 1. The molecule has 1 aliphatic heterocycles. The first-order valence-electron chi connectivity index (χ1n) is 7.44. The summed E-state index contributed by atoms with van der Waals surface area (Å²) >= 11 is 3.61. The lowest BCUT2D eigenvalue weighted by Gasteiger charge is -2.33. The fraction of sp³-hybridized carbons (Fsp3) is 0.625. The first-order valence-corrected chi connectivity index (χ1v) is 8.24. The molecule has 2 rings (SSSR count). The van der Waals surface area contributed by atoms with Gasteiger partial charge in [0.2, 0.25) is 0 Å². The first kappa shape index (κ1) is 14.9. The van der Waals surface area contributed by atoms with Crippen molar-refractivity contribution in [3.63, 3.8) is 0 Å². The van der Waals surface area contributed by atoms with E-state index in [2.05, 4.69) is 58.2 Å². The van der Waals surface area contributed by atoms with Gasteiger partial charge < -0.3 is 10.2 Å². The van der Waals surface area contributed by atoms with Crippen molar-refractivity contribution in [1.82, 2.24) is 5.32 Å². The van der Waals surface area contributed by atoms with Crippen LogP contribution in [0.4, 0.5) is 5.69 Å². The van der Waals surface area contributed by atoms with Crippen LogP contribution in [0, 0.1) is 5.92 Å². The van der Waals surface area contributed by atoms with Crippen LogP contribution in [0.5, 0.6) is 0 Å². The molecule has 0 aromatic heterocycles. The Morgan fingerprint density at radius 3 is 2.74 bits per heavy atom. The van der Waals surface area contributed by atoms with Gasteiger partial charge >= 0.3 is 0 Å². The van der Waals surface area contributed by atoms with Gasteiger partial charge in [0.05, 0.1) is 0 Å². The maximum atomic E-state index is 3.61. The van der Waals surface area contributed by atoms with Crippen LogP contribution in [0.15, 0.2) is 22.7 Å². The molecule has 19 heavy (non-hydrogen) atoms. The minimum atomic E-state index is 0.880. The van der Waals surface area contributed by atoms with Crippen molar-refractivity contribution < 1.29 is 0 Å². The van der Waals surface area contributed by atoms with Crippen LogP contribution in [-0.2, 0) is 6.54 Å². The molecule has 0 bridgehead atoms. The third kappa shape index (κ3) is 4.22. The maximum Gasteiger partial charge on any atom is 0.0423 e. The van der Waals surface area contributed by atoms with E-state index in [0.29, 0.717) is 0 Å². The van der Waals surface area contributed by atoms with Crippen molar-refractivity contribution in [2.24, 2.45) is 5.92 Å². The standard InChI is InChI=1S/C16H25BrN2/c1-3-8-18-12-14-4-5-15(17)11-16(14)19-9-6-13(2)7-10-19/h4-5,11,13,18H,3,6-10,12H2,1-2H3. The fourth-order valence-corrected chi connectivity index (χ4v) is 2.98. The minimum Gasteiger partial charge on any atom is -0.371 e. The molecular formula is C16H25BrN2. The van der Waals surface area contributed by atoms with Gasteiger partial charge in [0.1, 0.15) is 0 Å². The van der Waals surface area contributed by atoms with Gasteiger partial charge in [0, 0.05) is 29.8 Å². The van der Waals surface area contributed by atoms with E-state index in [1.165, 1.54) is 48.1 Å². The number of piperidine rings is 1. The molecule has 3 heteroatoms. The summed E-state index contributed by atoms with van der Waals surface area (Å²) in [6.45, 7) is 9.02. The Morgan fingerprint density at radius 1 is 1.32 bits per heavy atom. The number of rotatable bonds is 5. The molecule has 0 spiro atoms. The van der Waals surface area contributed by atoms with E-state index in [9.17, 15) is 0 Å². The van der Waals surface area contributed by atoms with Gasteiger partial charge in [-0.05, 0) is 49.4 Å². The third-order valence-electron chi connectivity index (χ3n) is 3.91. The van der Waals surface area contributed by atoms with E-state index >= 15 is 0 Å². The third-order valence-corrected chi connectivity index (χ3v) is 4.41. The van der Waals surface area contributed by atoms with Crippen LogP contribution >= 0.6 is 15.9 Å².